The van der Waals surface area contributed by atoms with Gasteiger partial charge in [-0.1, -0.05) is 0 Å². The highest BCUT2D eigenvalue weighted by Crippen LogP contribution is 2.21. The van der Waals surface area contributed by atoms with Gasteiger partial charge in [0.05, 0.1) is 7.11 Å². The molecule has 0 aromatic heterocycles. The Morgan fingerprint density at radius 3 is 2.38 bits per heavy atom. The molecule has 0 atom stereocenters. The number of likely N-dealkylation sites (N-methyl/N-ethyl adjacent to an activating group) is 1. The van der Waals surface area contributed by atoms with Crippen molar-refractivity contribution >= 4 is 18.4 Å². The maximum Gasteiger partial charge on any atom is 0.326 e. The van der Waals surface area contributed by atoms with Crippen LogP contribution >= 0.6 is 12.4 Å². The second-order valence-corrected chi connectivity index (χ2v) is 2.94. The van der Waals surface area contributed by atoms with Crippen molar-refractivity contribution in [1.29, 1.82) is 0 Å². The topological polar surface area (TPSA) is 47.6 Å². The van der Waals surface area contributed by atoms with Crippen molar-refractivity contribution in [2.24, 2.45) is 0 Å². The SMILES string of the molecule is CNC1(C(=O)OC)CCOCC1.Cl. The third-order valence-electron chi connectivity index (χ3n) is 2.40. The lowest BCUT2D eigenvalue weighted by Crippen LogP contribution is -2.54. The van der Waals surface area contributed by atoms with Crippen molar-refractivity contribution in [2.75, 3.05) is 27.4 Å². The predicted octanol–water partition coefficient (Wildman–Crippen LogP) is 0.350. The van der Waals surface area contributed by atoms with E-state index < -0.39 is 5.54 Å². The quantitative estimate of drug-likeness (QED) is 0.667. The largest absolute Gasteiger partial charge is 0.468 e. The zero-order valence-electron chi connectivity index (χ0n) is 7.96. The number of esters is 1. The molecule has 1 aliphatic heterocycles. The van der Waals surface area contributed by atoms with E-state index in [-0.39, 0.29) is 18.4 Å². The maximum absolute atomic E-state index is 11.4. The van der Waals surface area contributed by atoms with Gasteiger partial charge in [-0.2, -0.15) is 0 Å². The lowest BCUT2D eigenvalue weighted by molar-refractivity contribution is -0.152. The summed E-state index contributed by atoms with van der Waals surface area (Å²) in [6.07, 6.45) is 1.38. The Labute approximate surface area is 84.4 Å². The van der Waals surface area contributed by atoms with Crippen LogP contribution in [-0.4, -0.2) is 38.9 Å². The Morgan fingerprint density at radius 1 is 1.46 bits per heavy atom. The molecule has 78 valence electrons. The summed E-state index contributed by atoms with van der Waals surface area (Å²) < 4.78 is 9.90. The van der Waals surface area contributed by atoms with E-state index in [0.29, 0.717) is 26.1 Å². The minimum Gasteiger partial charge on any atom is -0.468 e. The molecular weight excluding hydrogens is 194 g/mol. The first-order valence-electron chi connectivity index (χ1n) is 4.10. The fourth-order valence-corrected chi connectivity index (χ4v) is 1.47. The number of rotatable bonds is 2. The lowest BCUT2D eigenvalue weighted by atomic mass is 9.90. The van der Waals surface area contributed by atoms with E-state index in [2.05, 4.69) is 5.32 Å². The molecule has 1 aliphatic rings. The molecule has 0 aliphatic carbocycles. The molecule has 1 heterocycles. The Balaban J connectivity index is 0.00000144. The number of hydrogen-bond donors (Lipinski definition) is 1. The summed E-state index contributed by atoms with van der Waals surface area (Å²) >= 11 is 0. The number of hydrogen-bond acceptors (Lipinski definition) is 4. The number of carbonyl (C=O) groups excluding carboxylic acids is 1. The van der Waals surface area contributed by atoms with Gasteiger partial charge in [-0.05, 0) is 19.9 Å². The van der Waals surface area contributed by atoms with Crippen molar-refractivity contribution in [2.45, 2.75) is 18.4 Å². The Hall–Kier alpha value is -0.320. The number of ether oxygens (including phenoxy) is 2. The molecular formula is C8H16ClNO3. The molecule has 0 unspecified atom stereocenters. The van der Waals surface area contributed by atoms with Crippen LogP contribution in [0.5, 0.6) is 0 Å². The number of methoxy groups -OCH3 is 1. The van der Waals surface area contributed by atoms with Gasteiger partial charge in [0.2, 0.25) is 0 Å². The van der Waals surface area contributed by atoms with Crippen LogP contribution < -0.4 is 5.32 Å². The zero-order valence-corrected chi connectivity index (χ0v) is 8.78. The first kappa shape index (κ1) is 12.7. The third kappa shape index (κ3) is 2.56. The van der Waals surface area contributed by atoms with Crippen LogP contribution in [0.1, 0.15) is 12.8 Å². The van der Waals surface area contributed by atoms with Gasteiger partial charge in [-0.15, -0.1) is 12.4 Å². The van der Waals surface area contributed by atoms with Gasteiger partial charge in [-0.25, -0.2) is 0 Å². The number of halogens is 1. The highest BCUT2D eigenvalue weighted by atomic mass is 35.5. The van der Waals surface area contributed by atoms with Gasteiger partial charge in [0.25, 0.3) is 0 Å². The molecule has 0 aromatic carbocycles. The molecule has 0 aromatic rings. The Morgan fingerprint density at radius 2 is 2.00 bits per heavy atom. The van der Waals surface area contributed by atoms with Crippen molar-refractivity contribution in [1.82, 2.24) is 5.32 Å². The molecule has 1 rings (SSSR count). The first-order chi connectivity index (χ1) is 5.75. The molecule has 4 nitrogen and oxygen atoms in total. The number of carbonyl (C=O) groups is 1. The minimum absolute atomic E-state index is 0. The van der Waals surface area contributed by atoms with Gasteiger partial charge >= 0.3 is 5.97 Å². The molecule has 1 N–H and O–H groups in total. The van der Waals surface area contributed by atoms with Crippen LogP contribution in [0.25, 0.3) is 0 Å². The summed E-state index contributed by atoms with van der Waals surface area (Å²) in [5.41, 5.74) is -0.507. The van der Waals surface area contributed by atoms with Gasteiger partial charge < -0.3 is 14.8 Å². The summed E-state index contributed by atoms with van der Waals surface area (Å²) in [6, 6.07) is 0. The molecule has 13 heavy (non-hydrogen) atoms. The normalized spacial score (nSPS) is 20.2. The van der Waals surface area contributed by atoms with E-state index in [4.69, 9.17) is 9.47 Å². The molecule has 0 spiro atoms. The highest BCUT2D eigenvalue weighted by molar-refractivity contribution is 5.85. The maximum atomic E-state index is 11.4. The van der Waals surface area contributed by atoms with E-state index >= 15 is 0 Å². The van der Waals surface area contributed by atoms with Crippen LogP contribution in [-0.2, 0) is 14.3 Å². The van der Waals surface area contributed by atoms with E-state index in [1.54, 1.807) is 7.05 Å². The average Bonchev–Trinajstić information content (AvgIpc) is 2.17. The Kier molecular flexibility index (Phi) is 5.29. The fraction of sp³-hybridized carbons (Fsp3) is 0.875. The van der Waals surface area contributed by atoms with E-state index in [1.807, 2.05) is 0 Å². The summed E-state index contributed by atoms with van der Waals surface area (Å²) in [6.45, 7) is 1.24. The Bertz CT molecular complexity index is 169. The van der Waals surface area contributed by atoms with Crippen LogP contribution in [0, 0.1) is 0 Å². The van der Waals surface area contributed by atoms with Crippen LogP contribution in [0.4, 0.5) is 0 Å². The lowest BCUT2D eigenvalue weighted by Gasteiger charge is -2.33. The summed E-state index contributed by atoms with van der Waals surface area (Å²) in [7, 11) is 3.19. The smallest absolute Gasteiger partial charge is 0.326 e. The molecule has 1 saturated heterocycles. The average molecular weight is 210 g/mol. The molecule has 0 amide bonds. The molecule has 1 fully saturated rings. The highest BCUT2D eigenvalue weighted by Gasteiger charge is 2.39. The molecule has 5 heteroatoms. The van der Waals surface area contributed by atoms with Crippen molar-refractivity contribution in [3.8, 4) is 0 Å². The van der Waals surface area contributed by atoms with Crippen molar-refractivity contribution in [3.63, 3.8) is 0 Å². The minimum atomic E-state index is -0.507. The first-order valence-corrected chi connectivity index (χ1v) is 4.10. The second kappa shape index (κ2) is 5.42. The molecule has 0 radical (unpaired) electrons. The summed E-state index contributed by atoms with van der Waals surface area (Å²) in [5.74, 6) is -0.187. The standard InChI is InChI=1S/C8H15NO3.ClH/c1-9-8(7(10)11-2)3-5-12-6-4-8;/h9H,3-6H2,1-2H3;1H. The van der Waals surface area contributed by atoms with Crippen LogP contribution in [0.15, 0.2) is 0 Å². The zero-order chi connectivity index (χ0) is 9.03. The van der Waals surface area contributed by atoms with Gasteiger partial charge in [0, 0.05) is 13.2 Å². The van der Waals surface area contributed by atoms with Crippen molar-refractivity contribution < 1.29 is 14.3 Å². The van der Waals surface area contributed by atoms with Crippen molar-refractivity contribution in [3.05, 3.63) is 0 Å². The molecule has 0 bridgehead atoms. The summed E-state index contributed by atoms with van der Waals surface area (Å²) in [5, 5.41) is 3.01. The number of nitrogens with one attached hydrogen (secondary N) is 1. The fourth-order valence-electron chi connectivity index (χ4n) is 1.47. The monoisotopic (exact) mass is 209 g/mol. The van der Waals surface area contributed by atoms with Gasteiger partial charge in [0.1, 0.15) is 5.54 Å². The van der Waals surface area contributed by atoms with Crippen LogP contribution in [0.3, 0.4) is 0 Å². The third-order valence-corrected chi connectivity index (χ3v) is 2.40. The molecule has 0 saturated carbocycles. The van der Waals surface area contributed by atoms with Crippen LogP contribution in [0.2, 0.25) is 0 Å². The van der Waals surface area contributed by atoms with Gasteiger partial charge in [0.15, 0.2) is 0 Å². The predicted molar refractivity (Wildman–Crippen MR) is 51.1 cm³/mol. The van der Waals surface area contributed by atoms with E-state index in [9.17, 15) is 4.79 Å². The summed E-state index contributed by atoms with van der Waals surface area (Å²) in [4.78, 5) is 11.4. The van der Waals surface area contributed by atoms with Gasteiger partial charge in [-0.3, -0.25) is 4.79 Å². The second-order valence-electron chi connectivity index (χ2n) is 2.94. The van der Waals surface area contributed by atoms with E-state index in [0.717, 1.165) is 0 Å². The van der Waals surface area contributed by atoms with E-state index in [1.165, 1.54) is 7.11 Å².